The summed E-state index contributed by atoms with van der Waals surface area (Å²) in [4.78, 5) is 62.0. The monoisotopic (exact) mass is 707 g/mol. The summed E-state index contributed by atoms with van der Waals surface area (Å²) in [7, 11) is 2.98. The quantitative estimate of drug-likeness (QED) is 0.216. The van der Waals surface area contributed by atoms with E-state index in [0.717, 1.165) is 0 Å². The second-order valence-electron chi connectivity index (χ2n) is 11.7. The number of halogens is 1. The number of alkyl carbamates (subject to hydrolysis) is 1. The van der Waals surface area contributed by atoms with Gasteiger partial charge in [0.2, 0.25) is 5.91 Å². The summed E-state index contributed by atoms with van der Waals surface area (Å²) in [5.74, 6) is 0.359. The number of piperazine rings is 1. The number of benzene rings is 3. The van der Waals surface area contributed by atoms with Crippen LogP contribution in [0.2, 0.25) is 0 Å². The van der Waals surface area contributed by atoms with Gasteiger partial charge in [0, 0.05) is 27.7 Å². The van der Waals surface area contributed by atoms with E-state index in [2.05, 4.69) is 10.6 Å². The molecule has 2 atom stereocenters. The van der Waals surface area contributed by atoms with Gasteiger partial charge in [0.15, 0.2) is 5.82 Å². The number of rotatable bonds is 11. The van der Waals surface area contributed by atoms with Crippen molar-refractivity contribution in [1.82, 2.24) is 19.9 Å². The van der Waals surface area contributed by atoms with Gasteiger partial charge in [-0.2, -0.15) is 0 Å². The van der Waals surface area contributed by atoms with Crippen molar-refractivity contribution in [3.05, 3.63) is 88.7 Å². The van der Waals surface area contributed by atoms with Gasteiger partial charge in [-0.3, -0.25) is 14.5 Å². The van der Waals surface area contributed by atoms with Crippen molar-refractivity contribution in [2.24, 2.45) is 0 Å². The van der Waals surface area contributed by atoms with Gasteiger partial charge in [-0.1, -0.05) is 19.1 Å². The summed E-state index contributed by atoms with van der Waals surface area (Å²) in [5, 5.41) is 7.63. The Kier molecular flexibility index (Phi) is 11.6. The normalized spacial score (nSPS) is 14.0. The molecule has 2 N–H and O–H groups in total. The molecule has 5 rings (SSSR count). The van der Waals surface area contributed by atoms with Crippen LogP contribution in [0.25, 0.3) is 10.9 Å². The van der Waals surface area contributed by atoms with E-state index >= 15 is 0 Å². The summed E-state index contributed by atoms with van der Waals surface area (Å²) >= 11 is 0. The molecule has 3 aromatic carbocycles. The number of urea groups is 1. The van der Waals surface area contributed by atoms with E-state index in [1.807, 2.05) is 0 Å². The molecule has 4 aromatic rings. The molecule has 274 valence electrons. The second kappa shape index (κ2) is 16.2. The number of carbonyl (C=O) groups excluding carboxylic acids is 3. The van der Waals surface area contributed by atoms with Crippen LogP contribution in [0.15, 0.2) is 71.5 Å². The van der Waals surface area contributed by atoms with Crippen molar-refractivity contribution in [3.63, 3.8) is 0 Å². The largest absolute Gasteiger partial charge is 0.497 e. The van der Waals surface area contributed by atoms with Crippen molar-refractivity contribution >= 4 is 40.3 Å². The number of ether oxygens (including phenoxy) is 3. The molecule has 0 spiro atoms. The molecule has 1 saturated heterocycles. The lowest BCUT2D eigenvalue weighted by molar-refractivity contribution is -0.133. The number of amides is 4. The van der Waals surface area contributed by atoms with Gasteiger partial charge in [0.05, 0.1) is 56.5 Å². The lowest BCUT2D eigenvalue weighted by Crippen LogP contribution is -2.59. The van der Waals surface area contributed by atoms with Gasteiger partial charge in [0.1, 0.15) is 23.4 Å². The highest BCUT2D eigenvalue weighted by atomic mass is 19.1. The summed E-state index contributed by atoms with van der Waals surface area (Å²) in [6, 6.07) is 15.0. The molecule has 1 aromatic heterocycles. The van der Waals surface area contributed by atoms with E-state index in [-0.39, 0.29) is 52.9 Å². The van der Waals surface area contributed by atoms with E-state index in [0.29, 0.717) is 40.2 Å². The summed E-state index contributed by atoms with van der Waals surface area (Å²) in [6.45, 7) is 6.44. The highest BCUT2D eigenvalue weighted by Crippen LogP contribution is 2.37. The molecule has 0 saturated carbocycles. The van der Waals surface area contributed by atoms with E-state index in [9.17, 15) is 23.6 Å². The second-order valence-corrected chi connectivity index (χ2v) is 11.7. The minimum absolute atomic E-state index is 0. The average molecular weight is 708 g/mol. The predicted molar refractivity (Wildman–Crippen MR) is 195 cm³/mol. The SMILES string of the molecule is CCOC(=O)N[C@@H](CC)C(=O)N1CCN(n2c(C(C)N(C(=O)Nc3ccc(F)cc3)c3ccc(OC)cc3OC)nc3ccccc3c2=O)CC1.[HH].[HH]. The minimum atomic E-state index is -0.886. The van der Waals surface area contributed by atoms with Crippen molar-refractivity contribution in [2.45, 2.75) is 39.3 Å². The number of nitrogens with zero attached hydrogens (tertiary/aromatic N) is 5. The van der Waals surface area contributed by atoms with Gasteiger partial charge in [-0.05, 0) is 68.8 Å². The molecule has 1 unspecified atom stereocenters. The van der Waals surface area contributed by atoms with Crippen molar-refractivity contribution in [1.29, 1.82) is 0 Å². The lowest BCUT2D eigenvalue weighted by atomic mass is 10.1. The molecule has 0 radical (unpaired) electrons. The molecule has 0 bridgehead atoms. The van der Waals surface area contributed by atoms with Gasteiger partial charge >= 0.3 is 12.1 Å². The third kappa shape index (κ3) is 7.97. The first kappa shape index (κ1) is 36.4. The smallest absolute Gasteiger partial charge is 0.407 e. The van der Waals surface area contributed by atoms with E-state index < -0.39 is 30.0 Å². The topological polar surface area (TPSA) is 148 Å². The molecule has 1 aliphatic rings. The van der Waals surface area contributed by atoms with Crippen LogP contribution in [0.1, 0.15) is 41.9 Å². The molecule has 14 nitrogen and oxygen atoms in total. The Morgan fingerprint density at radius 1 is 0.980 bits per heavy atom. The standard InChI is InChI=1S/C36H42FN7O7.2H2/c1-6-28(40-36(48)51-7-2)34(46)41-18-20-42(21-19-41)44-32(39-29-11-9-8-10-27(29)33(44)45)23(3)43(30-17-16-26(49-4)22-31(30)50-5)35(47)38-25-14-12-24(37)13-15-25;;/h8-17,22-23,28H,6-7,18-21H2,1-5H3,(H,38,47)(H,40,48);2*1H/t23?,28-;;/m0../s1. The van der Waals surface area contributed by atoms with Crippen LogP contribution in [-0.4, -0.2) is 85.6 Å². The fourth-order valence-corrected chi connectivity index (χ4v) is 5.98. The van der Waals surface area contributed by atoms with Gasteiger partial charge in [0.25, 0.3) is 5.56 Å². The average Bonchev–Trinajstić information content (AvgIpc) is 3.14. The first-order valence-corrected chi connectivity index (χ1v) is 16.7. The predicted octanol–water partition coefficient (Wildman–Crippen LogP) is 5.15. The van der Waals surface area contributed by atoms with Crippen molar-refractivity contribution in [2.75, 3.05) is 62.2 Å². The maximum atomic E-state index is 14.3. The number of fused-ring (bicyclic) bond motifs is 1. The molecule has 2 heterocycles. The summed E-state index contributed by atoms with van der Waals surface area (Å²) < 4.78 is 31.2. The molecule has 4 amide bonds. The molecule has 1 aliphatic heterocycles. The van der Waals surface area contributed by atoms with Crippen LogP contribution in [-0.2, 0) is 9.53 Å². The van der Waals surface area contributed by atoms with Crippen LogP contribution in [0, 0.1) is 5.82 Å². The van der Waals surface area contributed by atoms with E-state index in [1.165, 1.54) is 48.1 Å². The first-order chi connectivity index (χ1) is 24.6. The lowest BCUT2D eigenvalue weighted by Gasteiger charge is -2.40. The highest BCUT2D eigenvalue weighted by Gasteiger charge is 2.34. The molecule has 1 fully saturated rings. The third-order valence-electron chi connectivity index (χ3n) is 8.62. The van der Waals surface area contributed by atoms with Gasteiger partial charge in [-0.25, -0.2) is 23.6 Å². The Hall–Kier alpha value is -5.86. The number of hydrogen-bond donors (Lipinski definition) is 2. The Morgan fingerprint density at radius 3 is 2.33 bits per heavy atom. The molecular weight excluding hydrogens is 661 g/mol. The zero-order valence-corrected chi connectivity index (χ0v) is 29.2. The van der Waals surface area contributed by atoms with Crippen LogP contribution in [0.3, 0.4) is 0 Å². The van der Waals surface area contributed by atoms with Crippen LogP contribution in [0.4, 0.5) is 25.4 Å². The van der Waals surface area contributed by atoms with Crippen LogP contribution >= 0.6 is 0 Å². The van der Waals surface area contributed by atoms with Crippen molar-refractivity contribution in [3.8, 4) is 11.5 Å². The number of para-hydroxylation sites is 1. The zero-order chi connectivity index (χ0) is 36.7. The van der Waals surface area contributed by atoms with E-state index in [1.54, 1.807) is 73.1 Å². The summed E-state index contributed by atoms with van der Waals surface area (Å²) in [6.07, 6.45) is -0.289. The Bertz CT molecular complexity index is 1940. The van der Waals surface area contributed by atoms with Gasteiger partial charge < -0.3 is 34.8 Å². The van der Waals surface area contributed by atoms with Gasteiger partial charge in [-0.15, -0.1) is 0 Å². The fraction of sp³-hybridized carbons (Fsp3) is 0.361. The molecule has 51 heavy (non-hydrogen) atoms. The maximum absolute atomic E-state index is 14.3. The molecule has 15 heteroatoms. The molecular formula is C36H46FN7O7. The first-order valence-electron chi connectivity index (χ1n) is 16.7. The third-order valence-corrected chi connectivity index (χ3v) is 8.62. The minimum Gasteiger partial charge on any atom is -0.497 e. The van der Waals surface area contributed by atoms with E-state index in [4.69, 9.17) is 19.2 Å². The van der Waals surface area contributed by atoms with Crippen molar-refractivity contribution < 1.29 is 35.8 Å². The zero-order valence-electron chi connectivity index (χ0n) is 29.2. The number of carbonyl (C=O) groups is 3. The highest BCUT2D eigenvalue weighted by molar-refractivity contribution is 6.03. The maximum Gasteiger partial charge on any atom is 0.407 e. The number of nitrogens with one attached hydrogen (secondary N) is 2. The molecule has 0 aliphatic carbocycles. The Morgan fingerprint density at radius 2 is 1.69 bits per heavy atom. The van der Waals surface area contributed by atoms with Crippen LogP contribution in [0.5, 0.6) is 11.5 Å². The van der Waals surface area contributed by atoms with Crippen LogP contribution < -0.4 is 35.6 Å². The number of hydrogen-bond acceptors (Lipinski definition) is 9. The Labute approximate surface area is 297 Å². The Balaban J connectivity index is 0.00000378. The number of aromatic nitrogens is 2. The summed E-state index contributed by atoms with van der Waals surface area (Å²) in [5.41, 5.74) is 0.789. The fourth-order valence-electron chi connectivity index (χ4n) is 5.98. The number of anilines is 2. The number of methoxy groups -OCH3 is 2.